The zero-order chi connectivity index (χ0) is 22.8. The molecular weight excluding hydrogens is 396 g/mol. The summed E-state index contributed by atoms with van der Waals surface area (Å²) in [4.78, 5) is 0. The van der Waals surface area contributed by atoms with Crippen LogP contribution in [0.4, 0.5) is 0 Å². The van der Waals surface area contributed by atoms with E-state index in [4.69, 9.17) is 0 Å². The summed E-state index contributed by atoms with van der Waals surface area (Å²) in [5.41, 5.74) is 14.1. The molecule has 1 atom stereocenters. The predicted molar refractivity (Wildman–Crippen MR) is 143 cm³/mol. The molecule has 5 rings (SSSR count). The summed E-state index contributed by atoms with van der Waals surface area (Å²) < 4.78 is 0. The molecule has 0 bridgehead atoms. The second kappa shape index (κ2) is 9.40. The van der Waals surface area contributed by atoms with Gasteiger partial charge in [0.1, 0.15) is 0 Å². The molecule has 3 aromatic carbocycles. The monoisotopic (exact) mass is 430 g/mol. The first-order valence-electron chi connectivity index (χ1n) is 12.5. The highest BCUT2D eigenvalue weighted by Crippen LogP contribution is 2.41. The van der Waals surface area contributed by atoms with E-state index in [0.29, 0.717) is 5.92 Å². The molecule has 0 fully saturated rings. The van der Waals surface area contributed by atoms with Crippen LogP contribution in [-0.4, -0.2) is 0 Å². The molecule has 2 aliphatic carbocycles. The van der Waals surface area contributed by atoms with E-state index >= 15 is 0 Å². The Hall–Kier alpha value is -3.12. The Balaban J connectivity index is 1.41. The second-order valence-corrected chi connectivity index (χ2v) is 9.83. The van der Waals surface area contributed by atoms with Gasteiger partial charge in [0.15, 0.2) is 0 Å². The normalized spacial score (nSPS) is 17.0. The van der Waals surface area contributed by atoms with Gasteiger partial charge in [-0.25, -0.2) is 0 Å². The molecule has 0 heterocycles. The van der Waals surface area contributed by atoms with Crippen LogP contribution >= 0.6 is 0 Å². The number of unbranched alkanes of at least 4 members (excludes halogenated alkanes) is 1. The first-order valence-corrected chi connectivity index (χ1v) is 12.5. The third kappa shape index (κ3) is 4.53. The van der Waals surface area contributed by atoms with Crippen molar-refractivity contribution in [2.24, 2.45) is 5.92 Å². The van der Waals surface area contributed by atoms with Crippen molar-refractivity contribution >= 4 is 11.1 Å². The van der Waals surface area contributed by atoms with Crippen molar-refractivity contribution in [2.75, 3.05) is 0 Å². The minimum Gasteiger partial charge on any atom is -0.0955 e. The van der Waals surface area contributed by atoms with Crippen LogP contribution in [0.25, 0.3) is 22.3 Å². The number of rotatable bonds is 6. The fourth-order valence-electron chi connectivity index (χ4n) is 5.43. The minimum atomic E-state index is 0.553. The van der Waals surface area contributed by atoms with Crippen LogP contribution in [0.15, 0.2) is 91.0 Å². The molecule has 0 N–H and O–H groups in total. The maximum Gasteiger partial charge on any atom is -0.00550 e. The highest BCUT2D eigenvalue weighted by molar-refractivity contribution is 5.76. The summed E-state index contributed by atoms with van der Waals surface area (Å²) in [5.74, 6) is 0.553. The lowest BCUT2D eigenvalue weighted by Crippen LogP contribution is -2.10. The fraction of sp³-hybridized carbons (Fsp3) is 0.273. The number of hydrogen-bond acceptors (Lipinski definition) is 0. The van der Waals surface area contributed by atoms with Gasteiger partial charge in [0.25, 0.3) is 0 Å². The van der Waals surface area contributed by atoms with E-state index in [-0.39, 0.29) is 0 Å². The van der Waals surface area contributed by atoms with Gasteiger partial charge in [-0.3, -0.25) is 0 Å². The standard InChI is InChI=1S/C33H34/c1-4-5-8-24-11-18-33-31(19-24)22-30(21-29-9-6-7-10-32(29)33)28-17-16-27(20-28)26-14-12-25(13-15-26)23(2)3/h6-7,9-19,30H,2,4-5,8,20-22H2,1,3H3. The van der Waals surface area contributed by atoms with Crippen molar-refractivity contribution in [3.05, 3.63) is 119 Å². The fourth-order valence-corrected chi connectivity index (χ4v) is 5.43. The molecule has 33 heavy (non-hydrogen) atoms. The Morgan fingerprint density at radius 3 is 2.42 bits per heavy atom. The number of hydrogen-bond donors (Lipinski definition) is 0. The van der Waals surface area contributed by atoms with Gasteiger partial charge in [-0.2, -0.15) is 0 Å². The highest BCUT2D eigenvalue weighted by Gasteiger charge is 2.26. The highest BCUT2D eigenvalue weighted by atomic mass is 14.3. The van der Waals surface area contributed by atoms with Gasteiger partial charge in [-0.1, -0.05) is 110 Å². The summed E-state index contributed by atoms with van der Waals surface area (Å²) in [5, 5.41) is 0. The lowest BCUT2D eigenvalue weighted by molar-refractivity contribution is 0.605. The predicted octanol–water partition coefficient (Wildman–Crippen LogP) is 8.86. The molecule has 0 aromatic heterocycles. The van der Waals surface area contributed by atoms with Crippen LogP contribution in [0.5, 0.6) is 0 Å². The van der Waals surface area contributed by atoms with E-state index in [1.54, 1.807) is 5.57 Å². The first kappa shape index (κ1) is 21.7. The van der Waals surface area contributed by atoms with Crippen LogP contribution < -0.4 is 0 Å². The van der Waals surface area contributed by atoms with Crippen LogP contribution in [-0.2, 0) is 19.3 Å². The van der Waals surface area contributed by atoms with Crippen molar-refractivity contribution in [2.45, 2.75) is 52.4 Å². The number of fused-ring (bicyclic) bond motifs is 3. The molecule has 3 aromatic rings. The molecule has 0 aliphatic heterocycles. The van der Waals surface area contributed by atoms with Crippen molar-refractivity contribution in [1.29, 1.82) is 0 Å². The Kier molecular flexibility index (Phi) is 6.18. The molecule has 2 aliphatic rings. The van der Waals surface area contributed by atoms with Gasteiger partial charge in [0.2, 0.25) is 0 Å². The molecule has 0 spiro atoms. The molecule has 0 heteroatoms. The van der Waals surface area contributed by atoms with Gasteiger partial charge >= 0.3 is 0 Å². The van der Waals surface area contributed by atoms with Gasteiger partial charge in [-0.05, 0) is 89.5 Å². The van der Waals surface area contributed by atoms with Crippen LogP contribution in [0.2, 0.25) is 0 Å². The zero-order valence-corrected chi connectivity index (χ0v) is 20.0. The van der Waals surface area contributed by atoms with Crippen LogP contribution in [0.1, 0.15) is 60.9 Å². The van der Waals surface area contributed by atoms with Crippen molar-refractivity contribution in [3.8, 4) is 11.1 Å². The largest absolute Gasteiger partial charge is 0.0955 e. The average molecular weight is 431 g/mol. The lowest BCUT2D eigenvalue weighted by atomic mass is 9.86. The molecule has 0 saturated heterocycles. The number of allylic oxidation sites excluding steroid dienone is 5. The van der Waals surface area contributed by atoms with E-state index in [0.717, 1.165) is 24.8 Å². The molecule has 166 valence electrons. The second-order valence-electron chi connectivity index (χ2n) is 9.83. The van der Waals surface area contributed by atoms with Gasteiger partial charge in [-0.15, -0.1) is 0 Å². The first-order chi connectivity index (χ1) is 16.1. The summed E-state index contributed by atoms with van der Waals surface area (Å²) >= 11 is 0. The summed E-state index contributed by atoms with van der Waals surface area (Å²) in [6.07, 6.45) is 11.8. The quantitative estimate of drug-likeness (QED) is 0.366. The van der Waals surface area contributed by atoms with E-state index < -0.39 is 0 Å². The smallest absolute Gasteiger partial charge is 0.00550 e. The third-order valence-corrected chi connectivity index (χ3v) is 7.39. The van der Waals surface area contributed by atoms with E-state index in [1.807, 2.05) is 0 Å². The number of benzene rings is 3. The Bertz CT molecular complexity index is 1230. The molecule has 1 unspecified atom stereocenters. The topological polar surface area (TPSA) is 0 Å². The minimum absolute atomic E-state index is 0.553. The number of aryl methyl sites for hydroxylation is 1. The van der Waals surface area contributed by atoms with Gasteiger partial charge in [0.05, 0.1) is 0 Å². The Morgan fingerprint density at radius 2 is 1.64 bits per heavy atom. The zero-order valence-electron chi connectivity index (χ0n) is 20.0. The van der Waals surface area contributed by atoms with Crippen molar-refractivity contribution in [1.82, 2.24) is 0 Å². The molecular formula is C33H34. The Labute approximate surface area is 199 Å². The van der Waals surface area contributed by atoms with Crippen LogP contribution in [0.3, 0.4) is 0 Å². The SMILES string of the molecule is C=C(C)c1ccc(C2=CC=C(C3Cc4ccccc4-c4ccc(CCCC)cc4C3)C2)cc1. The maximum absolute atomic E-state index is 4.07. The summed E-state index contributed by atoms with van der Waals surface area (Å²) in [6.45, 7) is 8.41. The molecule has 0 amide bonds. The van der Waals surface area contributed by atoms with E-state index in [2.05, 4.69) is 99.3 Å². The van der Waals surface area contributed by atoms with Crippen molar-refractivity contribution < 1.29 is 0 Å². The van der Waals surface area contributed by atoms with Gasteiger partial charge < -0.3 is 0 Å². The third-order valence-electron chi connectivity index (χ3n) is 7.39. The summed E-state index contributed by atoms with van der Waals surface area (Å²) in [6, 6.07) is 25.2. The Morgan fingerprint density at radius 1 is 0.879 bits per heavy atom. The van der Waals surface area contributed by atoms with E-state index in [9.17, 15) is 0 Å². The van der Waals surface area contributed by atoms with Crippen molar-refractivity contribution in [3.63, 3.8) is 0 Å². The average Bonchev–Trinajstić information content (AvgIpc) is 3.27. The van der Waals surface area contributed by atoms with Crippen LogP contribution in [0, 0.1) is 5.92 Å². The van der Waals surface area contributed by atoms with Gasteiger partial charge in [0, 0.05) is 0 Å². The molecule has 0 radical (unpaired) electrons. The molecule has 0 saturated carbocycles. The molecule has 0 nitrogen and oxygen atoms in total. The summed E-state index contributed by atoms with van der Waals surface area (Å²) in [7, 11) is 0. The lowest BCUT2D eigenvalue weighted by Gasteiger charge is -2.19. The maximum atomic E-state index is 4.07. The van der Waals surface area contributed by atoms with E-state index in [1.165, 1.54) is 63.8 Å².